The van der Waals surface area contributed by atoms with E-state index < -0.39 is 0 Å². The minimum absolute atomic E-state index is 0.0432. The van der Waals surface area contributed by atoms with Gasteiger partial charge in [-0.1, -0.05) is 0 Å². The van der Waals surface area contributed by atoms with E-state index in [1.165, 1.54) is 12.8 Å². The zero-order valence-corrected chi connectivity index (χ0v) is 11.6. The topological polar surface area (TPSA) is 24.5 Å². The predicted molar refractivity (Wildman–Crippen MR) is 68.3 cm³/mol. The van der Waals surface area contributed by atoms with Crippen molar-refractivity contribution in [3.63, 3.8) is 0 Å². The Hall–Kier alpha value is -0.120. The van der Waals surface area contributed by atoms with Crippen LogP contribution in [-0.4, -0.2) is 36.3 Å². The zero-order valence-electron chi connectivity index (χ0n) is 11.6. The molecule has 0 aromatic rings. The lowest BCUT2D eigenvalue weighted by molar-refractivity contribution is -0.263. The van der Waals surface area contributed by atoms with Crippen molar-refractivity contribution in [3.05, 3.63) is 0 Å². The fraction of sp³-hybridized carbons (Fsp3) is 1.00. The van der Waals surface area contributed by atoms with Gasteiger partial charge in [-0.2, -0.15) is 5.06 Å². The van der Waals surface area contributed by atoms with Crippen LogP contribution in [0.15, 0.2) is 0 Å². The molecule has 3 heteroatoms. The molecule has 0 spiro atoms. The van der Waals surface area contributed by atoms with Gasteiger partial charge in [0, 0.05) is 12.1 Å². The molecule has 0 atom stereocenters. The van der Waals surface area contributed by atoms with Crippen LogP contribution >= 0.6 is 0 Å². The van der Waals surface area contributed by atoms with Gasteiger partial charge in [0.1, 0.15) is 0 Å². The Kier molecular flexibility index (Phi) is 4.77. The second kappa shape index (κ2) is 5.48. The molecule has 96 valence electrons. The first-order valence-corrected chi connectivity index (χ1v) is 6.49. The minimum atomic E-state index is -0.0432. The average Bonchev–Trinajstić information content (AvgIpc) is 2.45. The van der Waals surface area contributed by atoms with Crippen molar-refractivity contribution >= 4 is 0 Å². The molecule has 1 N–H and O–H groups in total. The molecule has 0 aromatic heterocycles. The van der Waals surface area contributed by atoms with Crippen LogP contribution in [0.5, 0.6) is 0 Å². The predicted octanol–water partition coefficient (Wildman–Crippen LogP) is 2.57. The van der Waals surface area contributed by atoms with E-state index in [1.54, 1.807) is 0 Å². The van der Waals surface area contributed by atoms with E-state index in [1.807, 2.05) is 7.05 Å². The van der Waals surface area contributed by atoms with E-state index in [-0.39, 0.29) is 11.1 Å². The maximum Gasteiger partial charge on any atom is 0.0844 e. The van der Waals surface area contributed by atoms with Gasteiger partial charge < -0.3 is 5.32 Å². The van der Waals surface area contributed by atoms with Gasteiger partial charge in [-0.05, 0) is 67.0 Å². The highest BCUT2D eigenvalue weighted by Gasteiger charge is 2.36. The van der Waals surface area contributed by atoms with Gasteiger partial charge in [0.25, 0.3) is 0 Å². The molecule has 1 rings (SSSR count). The van der Waals surface area contributed by atoms with Crippen LogP contribution in [0.2, 0.25) is 0 Å². The van der Waals surface area contributed by atoms with Crippen LogP contribution in [0.1, 0.15) is 53.4 Å². The Morgan fingerprint density at radius 2 is 2.06 bits per heavy atom. The highest BCUT2D eigenvalue weighted by molar-refractivity contribution is 4.84. The Morgan fingerprint density at radius 3 is 2.56 bits per heavy atom. The number of hydrogen-bond donors (Lipinski definition) is 1. The van der Waals surface area contributed by atoms with E-state index in [9.17, 15) is 0 Å². The lowest BCUT2D eigenvalue weighted by atomic mass is 10.0. The Labute approximate surface area is 100 Å². The van der Waals surface area contributed by atoms with Crippen molar-refractivity contribution in [3.8, 4) is 0 Å². The molecule has 0 unspecified atom stereocenters. The van der Waals surface area contributed by atoms with Crippen LogP contribution in [-0.2, 0) is 4.84 Å². The first-order valence-electron chi connectivity index (χ1n) is 6.49. The summed E-state index contributed by atoms with van der Waals surface area (Å²) in [5, 5.41) is 5.37. The normalized spacial score (nSPS) is 21.6. The summed E-state index contributed by atoms with van der Waals surface area (Å²) in [4.78, 5) is 6.17. The molecule has 0 saturated carbocycles. The summed E-state index contributed by atoms with van der Waals surface area (Å²) in [6.07, 6.45) is 4.75. The molecule has 0 bridgehead atoms. The van der Waals surface area contributed by atoms with E-state index in [2.05, 4.69) is 38.1 Å². The van der Waals surface area contributed by atoms with Crippen molar-refractivity contribution in [2.45, 2.75) is 64.5 Å². The first-order chi connectivity index (χ1) is 7.37. The molecular formula is C13H28N2O. The Balaban J connectivity index is 2.39. The minimum Gasteiger partial charge on any atom is -0.320 e. The zero-order chi connectivity index (χ0) is 12.2. The molecular weight excluding hydrogens is 200 g/mol. The second-order valence-corrected chi connectivity index (χ2v) is 6.08. The summed E-state index contributed by atoms with van der Waals surface area (Å²) in [5.41, 5.74) is 0.165. The fourth-order valence-corrected chi connectivity index (χ4v) is 2.29. The molecule has 1 saturated heterocycles. The summed E-state index contributed by atoms with van der Waals surface area (Å²) in [6, 6.07) is 0. The van der Waals surface area contributed by atoms with E-state index in [0.29, 0.717) is 0 Å². The van der Waals surface area contributed by atoms with Gasteiger partial charge >= 0.3 is 0 Å². The quantitative estimate of drug-likeness (QED) is 0.707. The molecule has 0 aromatic carbocycles. The van der Waals surface area contributed by atoms with Gasteiger partial charge in [-0.15, -0.1) is 0 Å². The maximum absolute atomic E-state index is 6.17. The fourth-order valence-electron chi connectivity index (χ4n) is 2.29. The summed E-state index contributed by atoms with van der Waals surface area (Å²) in [5.74, 6) is 0. The molecule has 1 fully saturated rings. The van der Waals surface area contributed by atoms with Crippen LogP contribution in [0.25, 0.3) is 0 Å². The molecule has 0 radical (unpaired) electrons. The maximum atomic E-state index is 6.17. The monoisotopic (exact) mass is 228 g/mol. The molecule has 3 nitrogen and oxygen atoms in total. The third kappa shape index (κ3) is 4.04. The van der Waals surface area contributed by atoms with Crippen LogP contribution in [0, 0.1) is 0 Å². The van der Waals surface area contributed by atoms with Crippen LogP contribution in [0.3, 0.4) is 0 Å². The third-order valence-electron chi connectivity index (χ3n) is 3.39. The summed E-state index contributed by atoms with van der Waals surface area (Å²) in [7, 11) is 2.00. The van der Waals surface area contributed by atoms with Gasteiger partial charge in [0.05, 0.1) is 5.60 Å². The van der Waals surface area contributed by atoms with Crippen molar-refractivity contribution in [2.24, 2.45) is 0 Å². The van der Waals surface area contributed by atoms with Gasteiger partial charge in [-0.25, -0.2) is 0 Å². The molecule has 16 heavy (non-hydrogen) atoms. The average molecular weight is 228 g/mol. The third-order valence-corrected chi connectivity index (χ3v) is 3.39. The van der Waals surface area contributed by atoms with Gasteiger partial charge in [0.2, 0.25) is 0 Å². The summed E-state index contributed by atoms with van der Waals surface area (Å²) < 4.78 is 0. The number of nitrogens with one attached hydrogen (secondary N) is 1. The van der Waals surface area contributed by atoms with Crippen molar-refractivity contribution in [1.29, 1.82) is 0 Å². The molecule has 1 heterocycles. The summed E-state index contributed by atoms with van der Waals surface area (Å²) in [6.45, 7) is 11.1. The molecule has 0 amide bonds. The molecule has 1 aliphatic rings. The smallest absolute Gasteiger partial charge is 0.0844 e. The second-order valence-electron chi connectivity index (χ2n) is 6.08. The number of hydroxylamine groups is 2. The number of hydrogen-bond acceptors (Lipinski definition) is 3. The Morgan fingerprint density at radius 1 is 1.38 bits per heavy atom. The lowest BCUT2D eigenvalue weighted by Gasteiger charge is -2.37. The van der Waals surface area contributed by atoms with Crippen molar-refractivity contribution in [1.82, 2.24) is 10.4 Å². The van der Waals surface area contributed by atoms with Gasteiger partial charge in [0.15, 0.2) is 0 Å². The van der Waals surface area contributed by atoms with Gasteiger partial charge in [-0.3, -0.25) is 4.84 Å². The standard InChI is InChI=1S/C13H28N2O/c1-12(2)8-7-11-15(12)16-13(3,4)9-6-10-14-5/h14H,6-11H2,1-5H3. The van der Waals surface area contributed by atoms with Crippen molar-refractivity contribution < 1.29 is 4.84 Å². The van der Waals surface area contributed by atoms with E-state index in [0.717, 1.165) is 25.9 Å². The van der Waals surface area contributed by atoms with E-state index >= 15 is 0 Å². The lowest BCUT2D eigenvalue weighted by Crippen LogP contribution is -2.44. The first kappa shape index (κ1) is 13.9. The van der Waals surface area contributed by atoms with E-state index in [4.69, 9.17) is 4.84 Å². The largest absolute Gasteiger partial charge is 0.320 e. The summed E-state index contributed by atoms with van der Waals surface area (Å²) >= 11 is 0. The highest BCUT2D eigenvalue weighted by atomic mass is 16.7. The SMILES string of the molecule is CNCCCC(C)(C)ON1CCCC1(C)C. The highest BCUT2D eigenvalue weighted by Crippen LogP contribution is 2.32. The molecule has 1 aliphatic heterocycles. The molecule has 0 aliphatic carbocycles. The van der Waals surface area contributed by atoms with Crippen molar-refractivity contribution in [2.75, 3.05) is 20.1 Å². The number of nitrogens with zero attached hydrogens (tertiary/aromatic N) is 1. The van der Waals surface area contributed by atoms with Crippen LogP contribution < -0.4 is 5.32 Å². The number of rotatable bonds is 6. The Bertz CT molecular complexity index is 214. The van der Waals surface area contributed by atoms with Crippen LogP contribution in [0.4, 0.5) is 0 Å².